The van der Waals surface area contributed by atoms with Crippen LogP contribution in [-0.2, 0) is 10.4 Å². The lowest BCUT2D eigenvalue weighted by Gasteiger charge is -2.32. The molecule has 1 aromatic carbocycles. The number of rotatable bonds is 5. The Morgan fingerprint density at radius 2 is 1.91 bits per heavy atom. The number of nitrogens with zero attached hydrogens (tertiary/aromatic N) is 4. The van der Waals surface area contributed by atoms with Gasteiger partial charge >= 0.3 is 0 Å². The van der Waals surface area contributed by atoms with Crippen molar-refractivity contribution in [3.8, 4) is 0 Å². The molecule has 1 fully saturated rings. The lowest BCUT2D eigenvalue weighted by atomic mass is 9.97. The molecule has 1 saturated heterocycles. The molecular weight excluding hydrogens is 420 g/mol. The van der Waals surface area contributed by atoms with Crippen LogP contribution in [0.3, 0.4) is 0 Å². The van der Waals surface area contributed by atoms with Gasteiger partial charge in [-0.3, -0.25) is 4.79 Å². The van der Waals surface area contributed by atoms with Crippen molar-refractivity contribution in [2.45, 2.75) is 32.3 Å². The third-order valence-corrected chi connectivity index (χ3v) is 5.41. The van der Waals surface area contributed by atoms with Crippen molar-refractivity contribution in [1.29, 1.82) is 0 Å². The third-order valence-electron chi connectivity index (χ3n) is 5.41. The third kappa shape index (κ3) is 5.94. The number of piperidine rings is 1. The number of aromatic nitrogens is 3. The number of benzene rings is 1. The lowest BCUT2D eigenvalue weighted by Crippen LogP contribution is -2.37. The Balaban J connectivity index is 0.000000968. The molecule has 2 aromatic heterocycles. The second-order valence-corrected chi connectivity index (χ2v) is 8.68. The maximum atomic E-state index is 12.7. The van der Waals surface area contributed by atoms with E-state index in [1.807, 2.05) is 14.1 Å². The van der Waals surface area contributed by atoms with Crippen molar-refractivity contribution in [3.05, 3.63) is 53.7 Å². The Labute approximate surface area is 193 Å². The Kier molecular flexibility index (Phi) is 7.78. The van der Waals surface area contributed by atoms with Crippen LogP contribution < -0.4 is 15.5 Å². The largest absolute Gasteiger partial charge is 0.386 e. The van der Waals surface area contributed by atoms with E-state index in [1.54, 1.807) is 61.0 Å². The molecule has 0 spiro atoms. The van der Waals surface area contributed by atoms with Gasteiger partial charge in [-0.2, -0.15) is 9.61 Å². The zero-order valence-corrected chi connectivity index (χ0v) is 19.6. The normalized spacial score (nSPS) is 16.2. The Morgan fingerprint density at radius 1 is 1.21 bits per heavy atom. The zero-order valence-electron chi connectivity index (χ0n) is 19.6. The Hall–Kier alpha value is -3.30. The Morgan fingerprint density at radius 3 is 2.55 bits per heavy atom. The van der Waals surface area contributed by atoms with Crippen molar-refractivity contribution >= 4 is 29.5 Å². The predicted molar refractivity (Wildman–Crippen MR) is 129 cm³/mol. The summed E-state index contributed by atoms with van der Waals surface area (Å²) in [5.41, 5.74) is 0.855. The molecule has 176 valence electrons. The summed E-state index contributed by atoms with van der Waals surface area (Å²) < 4.78 is 1.72. The van der Waals surface area contributed by atoms with Gasteiger partial charge in [0.05, 0.1) is 11.8 Å². The van der Waals surface area contributed by atoms with Gasteiger partial charge in [0.1, 0.15) is 17.9 Å². The van der Waals surface area contributed by atoms with Crippen molar-refractivity contribution < 1.29 is 14.7 Å². The SMILES string of the molecule is CC(C)(O)c1ccc(C(=O)Nc2cc(N3CCCC(C=O)C3)n3nccc3n2)cc1.CNC. The fourth-order valence-electron chi connectivity index (χ4n) is 3.73. The number of hydrogen-bond acceptors (Lipinski definition) is 7. The number of anilines is 2. The molecule has 1 unspecified atom stereocenters. The molecule has 0 saturated carbocycles. The maximum absolute atomic E-state index is 12.7. The van der Waals surface area contributed by atoms with E-state index in [0.29, 0.717) is 23.6 Å². The number of hydrogen-bond donors (Lipinski definition) is 3. The van der Waals surface area contributed by atoms with Crippen LogP contribution in [-0.4, -0.2) is 59.1 Å². The molecule has 1 amide bonds. The zero-order chi connectivity index (χ0) is 24.0. The average Bonchev–Trinajstić information content (AvgIpc) is 3.27. The van der Waals surface area contributed by atoms with Gasteiger partial charge in [0.2, 0.25) is 0 Å². The first-order valence-electron chi connectivity index (χ1n) is 11.0. The summed E-state index contributed by atoms with van der Waals surface area (Å²) in [5, 5.41) is 20.0. The fourth-order valence-corrected chi connectivity index (χ4v) is 3.73. The van der Waals surface area contributed by atoms with Gasteiger partial charge < -0.3 is 25.4 Å². The summed E-state index contributed by atoms with van der Waals surface area (Å²) in [6, 6.07) is 10.4. The van der Waals surface area contributed by atoms with Gasteiger partial charge in [-0.1, -0.05) is 12.1 Å². The number of amides is 1. The number of aldehydes is 1. The van der Waals surface area contributed by atoms with Gasteiger partial charge in [-0.25, -0.2) is 4.98 Å². The highest BCUT2D eigenvalue weighted by Gasteiger charge is 2.23. The minimum atomic E-state index is -0.966. The molecule has 0 aliphatic carbocycles. The molecule has 3 N–H and O–H groups in total. The number of nitrogens with one attached hydrogen (secondary N) is 2. The van der Waals surface area contributed by atoms with E-state index in [1.165, 1.54) is 0 Å². The fraction of sp³-hybridized carbons (Fsp3) is 0.417. The summed E-state index contributed by atoms with van der Waals surface area (Å²) in [5.74, 6) is 0.918. The first-order valence-corrected chi connectivity index (χ1v) is 11.0. The van der Waals surface area contributed by atoms with Gasteiger partial charge in [0, 0.05) is 36.7 Å². The highest BCUT2D eigenvalue weighted by Crippen LogP contribution is 2.25. The van der Waals surface area contributed by atoms with Gasteiger partial charge in [-0.05, 0) is 58.5 Å². The van der Waals surface area contributed by atoms with E-state index in [9.17, 15) is 14.7 Å². The second-order valence-electron chi connectivity index (χ2n) is 8.68. The molecule has 9 nitrogen and oxygen atoms in total. The van der Waals surface area contributed by atoms with Gasteiger partial charge in [0.25, 0.3) is 5.91 Å². The highest BCUT2D eigenvalue weighted by atomic mass is 16.3. The smallest absolute Gasteiger partial charge is 0.256 e. The van der Waals surface area contributed by atoms with E-state index in [4.69, 9.17) is 0 Å². The maximum Gasteiger partial charge on any atom is 0.256 e. The van der Waals surface area contributed by atoms with Crippen LogP contribution >= 0.6 is 0 Å². The minimum absolute atomic E-state index is 0.00939. The van der Waals surface area contributed by atoms with Crippen LogP contribution in [0.4, 0.5) is 11.6 Å². The van der Waals surface area contributed by atoms with Crippen LogP contribution in [0.5, 0.6) is 0 Å². The summed E-state index contributed by atoms with van der Waals surface area (Å²) in [7, 11) is 3.75. The quantitative estimate of drug-likeness (QED) is 0.510. The van der Waals surface area contributed by atoms with Crippen molar-refractivity contribution in [1.82, 2.24) is 19.9 Å². The minimum Gasteiger partial charge on any atom is -0.386 e. The Bertz CT molecular complexity index is 1090. The van der Waals surface area contributed by atoms with Crippen molar-refractivity contribution in [2.75, 3.05) is 37.4 Å². The van der Waals surface area contributed by atoms with Crippen LogP contribution in [0.1, 0.15) is 42.6 Å². The molecule has 0 radical (unpaired) electrons. The predicted octanol–water partition coefficient (Wildman–Crippen LogP) is 2.46. The first kappa shape index (κ1) is 24.3. The van der Waals surface area contributed by atoms with E-state index >= 15 is 0 Å². The summed E-state index contributed by atoms with van der Waals surface area (Å²) >= 11 is 0. The summed E-state index contributed by atoms with van der Waals surface area (Å²) in [6.45, 7) is 4.83. The molecular formula is C24H32N6O3. The molecule has 3 heterocycles. The van der Waals surface area contributed by atoms with Crippen molar-refractivity contribution in [2.24, 2.45) is 5.92 Å². The van der Waals surface area contributed by atoms with E-state index in [0.717, 1.165) is 37.1 Å². The first-order chi connectivity index (χ1) is 15.8. The summed E-state index contributed by atoms with van der Waals surface area (Å²) in [6.07, 6.45) is 4.48. The highest BCUT2D eigenvalue weighted by molar-refractivity contribution is 6.04. The molecule has 9 heteroatoms. The lowest BCUT2D eigenvalue weighted by molar-refractivity contribution is -0.111. The second kappa shape index (κ2) is 10.5. The number of carbonyl (C=O) groups excluding carboxylic acids is 2. The topological polar surface area (TPSA) is 112 Å². The molecule has 3 aromatic rings. The number of aliphatic hydroxyl groups is 1. The van der Waals surface area contributed by atoms with Crippen LogP contribution in [0, 0.1) is 5.92 Å². The van der Waals surface area contributed by atoms with Crippen LogP contribution in [0.15, 0.2) is 42.6 Å². The van der Waals surface area contributed by atoms with E-state index < -0.39 is 5.60 Å². The van der Waals surface area contributed by atoms with Crippen LogP contribution in [0.25, 0.3) is 5.65 Å². The van der Waals surface area contributed by atoms with Gasteiger partial charge in [-0.15, -0.1) is 0 Å². The molecule has 4 rings (SSSR count). The summed E-state index contributed by atoms with van der Waals surface area (Å²) in [4.78, 5) is 30.6. The molecule has 1 aliphatic heterocycles. The van der Waals surface area contributed by atoms with Crippen LogP contribution in [0.2, 0.25) is 0 Å². The molecule has 1 atom stereocenters. The molecule has 0 bridgehead atoms. The van der Waals surface area contributed by atoms with E-state index in [2.05, 4.69) is 25.6 Å². The monoisotopic (exact) mass is 452 g/mol. The van der Waals surface area contributed by atoms with Gasteiger partial charge in [0.15, 0.2) is 5.65 Å². The molecule has 33 heavy (non-hydrogen) atoms. The standard InChI is InChI=1S/C22H25N5O3.C2H7N/c1-22(2,30)17-7-5-16(6-8-17)21(29)25-18-12-20(27-19(24-18)9-10-23-27)26-11-3-4-15(13-26)14-28;1-3-2/h5-10,12,14-15,30H,3-4,11,13H2,1-2H3,(H,24,25,29);3H,1-2H3. The number of carbonyl (C=O) groups is 2. The van der Waals surface area contributed by atoms with E-state index in [-0.39, 0.29) is 11.8 Å². The average molecular weight is 453 g/mol. The van der Waals surface area contributed by atoms with Crippen molar-refractivity contribution in [3.63, 3.8) is 0 Å². The molecule has 1 aliphatic rings. The number of fused-ring (bicyclic) bond motifs is 1.